The summed E-state index contributed by atoms with van der Waals surface area (Å²) in [6.45, 7) is 7.72. The number of carbonyl (C=O) groups is 1. The first kappa shape index (κ1) is 25.7. The first-order valence-corrected chi connectivity index (χ1v) is 11.8. The van der Waals surface area contributed by atoms with E-state index in [0.717, 1.165) is 5.56 Å². The van der Waals surface area contributed by atoms with Crippen molar-refractivity contribution in [2.75, 3.05) is 19.1 Å². The van der Waals surface area contributed by atoms with Crippen molar-refractivity contribution >= 4 is 23.1 Å². The molecule has 194 valence electrons. The standard InChI is InChI=1S/C27H31N5O5/c1-16(17-8-7-13-28-15-17)31-24-20(29-25(31)33)11-12-22(30-24)32(26(34)35)23(27(2,3)4)19-10-9-18(36-5)14-21(19)37-6/h7-16,23H,1-6H3,(H,29,33)(H,34,35). The molecule has 0 spiro atoms. The van der Waals surface area contributed by atoms with Gasteiger partial charge in [0.05, 0.1) is 31.8 Å². The van der Waals surface area contributed by atoms with Crippen LogP contribution in [-0.2, 0) is 0 Å². The Kier molecular flexibility index (Phi) is 6.93. The maximum absolute atomic E-state index is 12.9. The van der Waals surface area contributed by atoms with Crippen LogP contribution in [0.5, 0.6) is 11.5 Å². The van der Waals surface area contributed by atoms with Gasteiger partial charge in [-0.1, -0.05) is 26.8 Å². The number of anilines is 1. The zero-order valence-electron chi connectivity index (χ0n) is 21.7. The van der Waals surface area contributed by atoms with Gasteiger partial charge in [-0.15, -0.1) is 0 Å². The van der Waals surface area contributed by atoms with Gasteiger partial charge in [-0.25, -0.2) is 14.6 Å². The van der Waals surface area contributed by atoms with Crippen molar-refractivity contribution in [1.29, 1.82) is 0 Å². The van der Waals surface area contributed by atoms with Gasteiger partial charge in [0.1, 0.15) is 17.3 Å². The number of ether oxygens (including phenoxy) is 2. The van der Waals surface area contributed by atoms with E-state index in [1.807, 2.05) is 33.8 Å². The van der Waals surface area contributed by atoms with Crippen LogP contribution in [0, 0.1) is 5.41 Å². The third-order valence-corrected chi connectivity index (χ3v) is 6.37. The molecule has 0 bridgehead atoms. The van der Waals surface area contributed by atoms with Gasteiger partial charge in [0.15, 0.2) is 5.65 Å². The van der Waals surface area contributed by atoms with Crippen LogP contribution in [0.1, 0.15) is 50.9 Å². The monoisotopic (exact) mass is 505 g/mol. The molecule has 4 aromatic rings. The molecule has 0 aliphatic carbocycles. The Labute approximate surface area is 214 Å². The minimum atomic E-state index is -1.19. The number of aromatic amines is 1. The molecule has 10 nitrogen and oxygen atoms in total. The Morgan fingerprint density at radius 2 is 1.89 bits per heavy atom. The summed E-state index contributed by atoms with van der Waals surface area (Å²) < 4.78 is 12.5. The SMILES string of the molecule is COc1ccc(C(N(C(=O)O)c2ccc3[nH]c(=O)n(C(C)c4cccnc4)c3n2)C(C)(C)C)c(OC)c1. The summed E-state index contributed by atoms with van der Waals surface area (Å²) in [6.07, 6.45) is 2.17. The van der Waals surface area contributed by atoms with Gasteiger partial charge >= 0.3 is 11.8 Å². The minimum absolute atomic E-state index is 0.184. The number of pyridine rings is 2. The molecule has 1 aromatic carbocycles. The van der Waals surface area contributed by atoms with E-state index in [2.05, 4.69) is 9.97 Å². The highest BCUT2D eigenvalue weighted by Gasteiger charge is 2.39. The van der Waals surface area contributed by atoms with Crippen LogP contribution >= 0.6 is 0 Å². The average Bonchev–Trinajstić information content (AvgIpc) is 3.20. The van der Waals surface area contributed by atoms with Crippen molar-refractivity contribution in [3.05, 3.63) is 76.5 Å². The number of benzene rings is 1. The first-order valence-electron chi connectivity index (χ1n) is 11.8. The molecule has 37 heavy (non-hydrogen) atoms. The van der Waals surface area contributed by atoms with Crippen molar-refractivity contribution in [3.8, 4) is 11.5 Å². The third kappa shape index (κ3) is 4.87. The second-order valence-electron chi connectivity index (χ2n) is 9.83. The molecular formula is C27H31N5O5. The van der Waals surface area contributed by atoms with Gasteiger partial charge in [-0.3, -0.25) is 14.5 Å². The molecule has 0 aliphatic heterocycles. The second kappa shape index (κ2) is 9.96. The zero-order valence-corrected chi connectivity index (χ0v) is 21.7. The van der Waals surface area contributed by atoms with E-state index in [-0.39, 0.29) is 17.5 Å². The highest BCUT2D eigenvalue weighted by Crippen LogP contribution is 2.44. The summed E-state index contributed by atoms with van der Waals surface area (Å²) in [4.78, 5) is 38.6. The number of imidazole rings is 1. The number of fused-ring (bicyclic) bond motifs is 1. The van der Waals surface area contributed by atoms with E-state index in [1.54, 1.807) is 55.9 Å². The number of H-pyrrole nitrogens is 1. The molecule has 2 N–H and O–H groups in total. The lowest BCUT2D eigenvalue weighted by molar-refractivity contribution is 0.188. The van der Waals surface area contributed by atoms with E-state index in [1.165, 1.54) is 16.6 Å². The zero-order chi connectivity index (χ0) is 26.9. The number of hydrogen-bond donors (Lipinski definition) is 2. The maximum Gasteiger partial charge on any atom is 0.413 e. The molecular weight excluding hydrogens is 474 g/mol. The molecule has 0 fully saturated rings. The third-order valence-electron chi connectivity index (χ3n) is 6.37. The normalized spacial score (nSPS) is 13.2. The molecule has 1 amide bonds. The van der Waals surface area contributed by atoms with Gasteiger partial charge in [-0.2, -0.15) is 0 Å². The minimum Gasteiger partial charge on any atom is -0.497 e. The van der Waals surface area contributed by atoms with Crippen molar-refractivity contribution in [2.45, 2.75) is 39.8 Å². The highest BCUT2D eigenvalue weighted by molar-refractivity contribution is 5.88. The number of aromatic nitrogens is 4. The van der Waals surface area contributed by atoms with E-state index in [4.69, 9.17) is 14.5 Å². The fourth-order valence-corrected chi connectivity index (χ4v) is 4.63. The molecule has 2 atom stereocenters. The van der Waals surface area contributed by atoms with E-state index in [0.29, 0.717) is 28.2 Å². The highest BCUT2D eigenvalue weighted by atomic mass is 16.5. The number of rotatable bonds is 7. The van der Waals surface area contributed by atoms with Gasteiger partial charge in [-0.05, 0) is 48.2 Å². The van der Waals surface area contributed by atoms with Gasteiger partial charge in [0.2, 0.25) is 0 Å². The lowest BCUT2D eigenvalue weighted by Gasteiger charge is -2.39. The molecule has 2 unspecified atom stereocenters. The fourth-order valence-electron chi connectivity index (χ4n) is 4.63. The van der Waals surface area contributed by atoms with Crippen molar-refractivity contribution < 1.29 is 19.4 Å². The van der Waals surface area contributed by atoms with Crippen LogP contribution in [0.15, 0.2) is 59.7 Å². The summed E-state index contributed by atoms with van der Waals surface area (Å²) >= 11 is 0. The number of nitrogens with zero attached hydrogens (tertiary/aromatic N) is 4. The predicted molar refractivity (Wildman–Crippen MR) is 141 cm³/mol. The Bertz CT molecular complexity index is 1470. The second-order valence-corrected chi connectivity index (χ2v) is 9.83. The van der Waals surface area contributed by atoms with Crippen molar-refractivity contribution in [1.82, 2.24) is 19.5 Å². The molecule has 0 radical (unpaired) electrons. The van der Waals surface area contributed by atoms with Crippen molar-refractivity contribution in [3.63, 3.8) is 0 Å². The summed E-state index contributed by atoms with van der Waals surface area (Å²) in [5.41, 5.74) is 1.43. The number of methoxy groups -OCH3 is 2. The lowest BCUT2D eigenvalue weighted by atomic mass is 9.80. The topological polar surface area (TPSA) is 123 Å². The van der Waals surface area contributed by atoms with Crippen LogP contribution in [0.4, 0.5) is 10.6 Å². The molecule has 3 aromatic heterocycles. The molecule has 0 aliphatic rings. The summed E-state index contributed by atoms with van der Waals surface area (Å²) in [7, 11) is 3.09. The van der Waals surface area contributed by atoms with Crippen LogP contribution in [0.3, 0.4) is 0 Å². The van der Waals surface area contributed by atoms with Crippen LogP contribution in [0.25, 0.3) is 11.2 Å². The Morgan fingerprint density at radius 3 is 2.49 bits per heavy atom. The predicted octanol–water partition coefficient (Wildman–Crippen LogP) is 5.02. The number of nitrogens with one attached hydrogen (secondary N) is 1. The largest absolute Gasteiger partial charge is 0.497 e. The number of carboxylic acid groups (broad SMARTS) is 1. The molecule has 10 heteroatoms. The van der Waals surface area contributed by atoms with E-state index >= 15 is 0 Å². The fraction of sp³-hybridized carbons (Fsp3) is 0.333. The average molecular weight is 506 g/mol. The number of hydrogen-bond acceptors (Lipinski definition) is 6. The Morgan fingerprint density at radius 1 is 1.14 bits per heavy atom. The summed E-state index contributed by atoms with van der Waals surface area (Å²) in [6, 6.07) is 11.2. The van der Waals surface area contributed by atoms with Crippen LogP contribution < -0.4 is 20.1 Å². The quantitative estimate of drug-likeness (QED) is 0.362. The van der Waals surface area contributed by atoms with Gasteiger partial charge < -0.3 is 19.6 Å². The number of amides is 1. The summed E-state index contributed by atoms with van der Waals surface area (Å²) in [5.74, 6) is 1.27. The van der Waals surface area contributed by atoms with Crippen molar-refractivity contribution in [2.24, 2.45) is 5.41 Å². The molecule has 0 saturated carbocycles. The first-order chi connectivity index (χ1) is 17.6. The molecule has 3 heterocycles. The maximum atomic E-state index is 12.9. The van der Waals surface area contributed by atoms with E-state index < -0.39 is 17.6 Å². The van der Waals surface area contributed by atoms with Gasteiger partial charge in [0, 0.05) is 24.0 Å². The summed E-state index contributed by atoms with van der Waals surface area (Å²) in [5, 5.41) is 10.5. The Balaban J connectivity index is 1.91. The smallest absolute Gasteiger partial charge is 0.413 e. The van der Waals surface area contributed by atoms with E-state index in [9.17, 15) is 14.7 Å². The Hall–Kier alpha value is -4.34. The van der Waals surface area contributed by atoms with Crippen LogP contribution in [0.2, 0.25) is 0 Å². The van der Waals surface area contributed by atoms with Gasteiger partial charge in [0.25, 0.3) is 0 Å². The molecule has 0 saturated heterocycles. The molecule has 4 rings (SSSR count). The lowest BCUT2D eigenvalue weighted by Crippen LogP contribution is -2.41. The van der Waals surface area contributed by atoms with Crippen LogP contribution in [-0.4, -0.2) is 44.9 Å².